The summed E-state index contributed by atoms with van der Waals surface area (Å²) in [7, 11) is 0. The molecule has 0 aliphatic rings. The first kappa shape index (κ1) is 12.6. The van der Waals surface area contributed by atoms with Crippen LogP contribution in [0.3, 0.4) is 0 Å². The summed E-state index contributed by atoms with van der Waals surface area (Å²) in [5.41, 5.74) is 1.04. The first-order valence-corrected chi connectivity index (χ1v) is 5.71. The molecule has 0 aliphatic carbocycles. The maximum Gasteiger partial charge on any atom is 0.338 e. The molecule has 0 fully saturated rings. The Morgan fingerprint density at radius 1 is 1.11 bits per heavy atom. The van der Waals surface area contributed by atoms with Crippen molar-refractivity contribution in [3.05, 3.63) is 70.5 Å². The van der Waals surface area contributed by atoms with Crippen LogP contribution in [-0.4, -0.2) is 5.97 Å². The maximum atomic E-state index is 12.7. The first-order valence-electron chi connectivity index (χ1n) is 5.33. The molecule has 0 amide bonds. The van der Waals surface area contributed by atoms with Gasteiger partial charge < -0.3 is 4.74 Å². The Bertz CT molecular complexity index is 552. The van der Waals surface area contributed by atoms with Crippen LogP contribution in [0.15, 0.2) is 48.5 Å². The number of halogens is 2. The fraction of sp³-hybridized carbons (Fsp3) is 0.0714. The van der Waals surface area contributed by atoms with Crippen molar-refractivity contribution in [1.29, 1.82) is 0 Å². The van der Waals surface area contributed by atoms with E-state index in [0.29, 0.717) is 10.6 Å². The average molecular weight is 265 g/mol. The minimum absolute atomic E-state index is 0.0931. The van der Waals surface area contributed by atoms with Crippen LogP contribution in [0.1, 0.15) is 15.9 Å². The lowest BCUT2D eigenvalue weighted by atomic mass is 10.2. The third-order valence-corrected chi connectivity index (χ3v) is 2.77. The summed E-state index contributed by atoms with van der Waals surface area (Å²) >= 11 is 5.93. The van der Waals surface area contributed by atoms with Crippen molar-refractivity contribution in [2.45, 2.75) is 6.61 Å². The van der Waals surface area contributed by atoms with Gasteiger partial charge in [0.15, 0.2) is 0 Å². The van der Waals surface area contributed by atoms with Gasteiger partial charge in [-0.15, -0.1) is 0 Å². The highest BCUT2D eigenvalue weighted by Gasteiger charge is 2.08. The Morgan fingerprint density at radius 3 is 2.44 bits per heavy atom. The smallest absolute Gasteiger partial charge is 0.338 e. The zero-order valence-corrected chi connectivity index (χ0v) is 10.2. The Labute approximate surface area is 109 Å². The van der Waals surface area contributed by atoms with Crippen molar-refractivity contribution < 1.29 is 13.9 Å². The highest BCUT2D eigenvalue weighted by atomic mass is 35.5. The number of hydrogen-bond donors (Lipinski definition) is 0. The number of carbonyl (C=O) groups excluding carboxylic acids is 1. The van der Waals surface area contributed by atoms with E-state index < -0.39 is 11.8 Å². The molecule has 0 heterocycles. The molecule has 0 spiro atoms. The minimum Gasteiger partial charge on any atom is -0.457 e. The molecule has 0 N–H and O–H groups in total. The zero-order chi connectivity index (χ0) is 13.0. The van der Waals surface area contributed by atoms with Gasteiger partial charge >= 0.3 is 5.97 Å². The largest absolute Gasteiger partial charge is 0.457 e. The van der Waals surface area contributed by atoms with Crippen molar-refractivity contribution in [2.24, 2.45) is 0 Å². The number of hydrogen-bond acceptors (Lipinski definition) is 2. The van der Waals surface area contributed by atoms with Crippen LogP contribution >= 0.6 is 11.6 Å². The van der Waals surface area contributed by atoms with Crippen molar-refractivity contribution in [1.82, 2.24) is 0 Å². The molecule has 2 aromatic carbocycles. The zero-order valence-electron chi connectivity index (χ0n) is 9.40. The van der Waals surface area contributed by atoms with Crippen LogP contribution in [0, 0.1) is 5.82 Å². The summed E-state index contributed by atoms with van der Waals surface area (Å²) in [6.07, 6.45) is 0. The van der Waals surface area contributed by atoms with E-state index in [-0.39, 0.29) is 6.61 Å². The number of carbonyl (C=O) groups is 1. The quantitative estimate of drug-likeness (QED) is 0.788. The first-order chi connectivity index (χ1) is 8.66. The van der Waals surface area contributed by atoms with E-state index in [4.69, 9.17) is 16.3 Å². The Morgan fingerprint density at radius 2 is 1.78 bits per heavy atom. The highest BCUT2D eigenvalue weighted by molar-refractivity contribution is 6.31. The van der Waals surface area contributed by atoms with Gasteiger partial charge in [-0.2, -0.15) is 0 Å². The molecule has 4 heteroatoms. The lowest BCUT2D eigenvalue weighted by molar-refractivity contribution is 0.0473. The second kappa shape index (κ2) is 5.65. The van der Waals surface area contributed by atoms with Gasteiger partial charge in [0.05, 0.1) is 5.56 Å². The second-order valence-corrected chi connectivity index (χ2v) is 4.08. The van der Waals surface area contributed by atoms with Gasteiger partial charge in [0.2, 0.25) is 0 Å². The molecule has 0 bridgehead atoms. The molecular weight excluding hydrogens is 255 g/mol. The van der Waals surface area contributed by atoms with Crippen LogP contribution in [-0.2, 0) is 11.3 Å². The van der Waals surface area contributed by atoms with Gasteiger partial charge in [-0.05, 0) is 30.3 Å². The van der Waals surface area contributed by atoms with Gasteiger partial charge in [-0.1, -0.05) is 29.8 Å². The van der Waals surface area contributed by atoms with Gasteiger partial charge in [0.25, 0.3) is 0 Å². The summed E-state index contributed by atoms with van der Waals surface area (Å²) in [5.74, 6) is -0.896. The maximum absolute atomic E-state index is 12.7. The molecule has 2 rings (SSSR count). The van der Waals surface area contributed by atoms with E-state index in [0.717, 1.165) is 5.56 Å². The summed E-state index contributed by atoms with van der Waals surface area (Å²) in [4.78, 5) is 11.7. The van der Waals surface area contributed by atoms with Crippen molar-refractivity contribution in [2.75, 3.05) is 0 Å². The minimum atomic E-state index is -0.505. The van der Waals surface area contributed by atoms with Gasteiger partial charge in [0.1, 0.15) is 12.4 Å². The van der Waals surface area contributed by atoms with E-state index in [1.165, 1.54) is 24.3 Å². The topological polar surface area (TPSA) is 26.3 Å². The van der Waals surface area contributed by atoms with E-state index in [1.54, 1.807) is 18.2 Å². The molecule has 2 nitrogen and oxygen atoms in total. The number of esters is 1. The van der Waals surface area contributed by atoms with Crippen LogP contribution in [0.2, 0.25) is 5.02 Å². The van der Waals surface area contributed by atoms with Crippen LogP contribution in [0.4, 0.5) is 4.39 Å². The number of benzene rings is 2. The third kappa shape index (κ3) is 3.08. The molecule has 0 saturated carbocycles. The summed E-state index contributed by atoms with van der Waals surface area (Å²) in [5, 5.41) is 0.546. The van der Waals surface area contributed by atoms with Crippen molar-refractivity contribution in [3.8, 4) is 0 Å². The van der Waals surface area contributed by atoms with Gasteiger partial charge in [0, 0.05) is 10.6 Å². The molecule has 0 atom stereocenters. The highest BCUT2D eigenvalue weighted by Crippen LogP contribution is 2.16. The fourth-order valence-corrected chi connectivity index (χ4v) is 1.62. The average Bonchev–Trinajstić information content (AvgIpc) is 2.38. The molecule has 92 valence electrons. The molecule has 0 unspecified atom stereocenters. The predicted octanol–water partition coefficient (Wildman–Crippen LogP) is 3.84. The van der Waals surface area contributed by atoms with Crippen LogP contribution < -0.4 is 0 Å². The summed E-state index contributed by atoms with van der Waals surface area (Å²) < 4.78 is 17.8. The second-order valence-electron chi connectivity index (χ2n) is 3.67. The summed E-state index contributed by atoms with van der Waals surface area (Å²) in [6, 6.07) is 12.3. The van der Waals surface area contributed by atoms with E-state index in [1.807, 2.05) is 6.07 Å². The molecule has 0 aliphatic heterocycles. The van der Waals surface area contributed by atoms with E-state index >= 15 is 0 Å². The monoisotopic (exact) mass is 264 g/mol. The molecule has 0 aromatic heterocycles. The van der Waals surface area contributed by atoms with Crippen LogP contribution in [0.5, 0.6) is 0 Å². The Hall–Kier alpha value is -1.87. The summed E-state index contributed by atoms with van der Waals surface area (Å²) in [6.45, 7) is 0.0931. The predicted molar refractivity (Wildman–Crippen MR) is 67.0 cm³/mol. The Kier molecular flexibility index (Phi) is 3.95. The molecule has 0 saturated heterocycles. The Balaban J connectivity index is 2.01. The van der Waals surface area contributed by atoms with Crippen molar-refractivity contribution in [3.63, 3.8) is 0 Å². The molecule has 18 heavy (non-hydrogen) atoms. The fourth-order valence-electron chi connectivity index (χ4n) is 1.43. The molecular formula is C14H10ClFO2. The molecule has 0 radical (unpaired) electrons. The lowest BCUT2D eigenvalue weighted by Gasteiger charge is -2.06. The standard InChI is InChI=1S/C14H10ClFO2/c15-13-4-2-1-3-11(13)9-18-14(17)10-5-7-12(16)8-6-10/h1-8H,9H2. The van der Waals surface area contributed by atoms with Gasteiger partial charge in [-0.25, -0.2) is 9.18 Å². The third-order valence-electron chi connectivity index (χ3n) is 2.40. The van der Waals surface area contributed by atoms with Crippen molar-refractivity contribution >= 4 is 17.6 Å². The van der Waals surface area contributed by atoms with Crippen LogP contribution in [0.25, 0.3) is 0 Å². The number of rotatable bonds is 3. The van der Waals surface area contributed by atoms with Gasteiger partial charge in [-0.3, -0.25) is 0 Å². The normalized spacial score (nSPS) is 10.1. The lowest BCUT2D eigenvalue weighted by Crippen LogP contribution is -2.05. The number of ether oxygens (including phenoxy) is 1. The van der Waals surface area contributed by atoms with E-state index in [9.17, 15) is 9.18 Å². The molecule has 2 aromatic rings. The van der Waals surface area contributed by atoms with E-state index in [2.05, 4.69) is 0 Å². The SMILES string of the molecule is O=C(OCc1ccccc1Cl)c1ccc(F)cc1.